The molecule has 2 aromatic rings. The molecule has 28 heavy (non-hydrogen) atoms. The van der Waals surface area contributed by atoms with E-state index in [0.29, 0.717) is 0 Å². The zero-order chi connectivity index (χ0) is 20.9. The number of nitrogen functional groups attached to an aromatic ring is 1. The lowest BCUT2D eigenvalue weighted by atomic mass is 10.1. The number of phosphoric ester groups is 1. The van der Waals surface area contributed by atoms with Crippen LogP contribution in [0.25, 0.3) is 11.2 Å². The maximum Gasteiger partial charge on any atom is 0.481 e. The molecule has 1 fully saturated rings. The molecule has 1 aliphatic rings. The van der Waals surface area contributed by atoms with E-state index >= 15 is 0 Å². The van der Waals surface area contributed by atoms with E-state index in [1.165, 1.54) is 0 Å². The SMILES string of the molecule is Nc1nc2c(nnn2[C@@H]2O[C@H](COP(=O)(O)OP(=O)(O)O)[C@@H](O)[C@@H]2O)c(=O)[nH]1. The van der Waals surface area contributed by atoms with Gasteiger partial charge in [0.25, 0.3) is 5.56 Å². The van der Waals surface area contributed by atoms with Crippen molar-refractivity contribution >= 4 is 32.8 Å². The molecule has 17 nitrogen and oxygen atoms in total. The summed E-state index contributed by atoms with van der Waals surface area (Å²) in [6, 6.07) is 0. The van der Waals surface area contributed by atoms with Gasteiger partial charge < -0.3 is 35.4 Å². The number of hydrogen-bond donors (Lipinski definition) is 7. The first-order chi connectivity index (χ1) is 12.9. The van der Waals surface area contributed by atoms with Crippen molar-refractivity contribution in [1.29, 1.82) is 0 Å². The Labute approximate surface area is 153 Å². The molecule has 0 aliphatic carbocycles. The minimum atomic E-state index is -5.33. The molecule has 3 heterocycles. The lowest BCUT2D eigenvalue weighted by molar-refractivity contribution is -0.0566. The van der Waals surface area contributed by atoms with Gasteiger partial charge in [0.05, 0.1) is 6.61 Å². The van der Waals surface area contributed by atoms with Crippen LogP contribution in [0.1, 0.15) is 6.23 Å². The van der Waals surface area contributed by atoms with Crippen LogP contribution in [0.3, 0.4) is 0 Å². The van der Waals surface area contributed by atoms with Crippen molar-refractivity contribution in [2.24, 2.45) is 0 Å². The van der Waals surface area contributed by atoms with Crippen LogP contribution in [0.15, 0.2) is 4.79 Å². The van der Waals surface area contributed by atoms with Gasteiger partial charge in [-0.1, -0.05) is 5.21 Å². The van der Waals surface area contributed by atoms with Crippen molar-refractivity contribution in [1.82, 2.24) is 25.0 Å². The highest BCUT2D eigenvalue weighted by Gasteiger charge is 2.46. The van der Waals surface area contributed by atoms with Crippen molar-refractivity contribution in [2.75, 3.05) is 12.3 Å². The van der Waals surface area contributed by atoms with E-state index in [2.05, 4.69) is 29.1 Å². The van der Waals surface area contributed by atoms with Gasteiger partial charge in [-0.3, -0.25) is 14.3 Å². The first-order valence-corrected chi connectivity index (χ1v) is 10.3. The summed E-state index contributed by atoms with van der Waals surface area (Å²) < 4.78 is 36.2. The first-order valence-electron chi connectivity index (χ1n) is 7.24. The molecule has 0 amide bonds. The molecule has 19 heteroatoms. The second-order valence-corrected chi connectivity index (χ2v) is 8.37. The monoisotopic (exact) mass is 444 g/mol. The normalized spacial score (nSPS) is 27.9. The summed E-state index contributed by atoms with van der Waals surface area (Å²) in [6.07, 6.45) is -6.23. The predicted octanol–water partition coefficient (Wildman–Crippen LogP) is -3.06. The van der Waals surface area contributed by atoms with E-state index in [4.69, 9.17) is 20.3 Å². The van der Waals surface area contributed by atoms with Gasteiger partial charge in [0.1, 0.15) is 18.3 Å². The summed E-state index contributed by atoms with van der Waals surface area (Å²) in [6.45, 7) is -0.898. The molecule has 156 valence electrons. The zero-order valence-corrected chi connectivity index (χ0v) is 15.3. The zero-order valence-electron chi connectivity index (χ0n) is 13.5. The van der Waals surface area contributed by atoms with E-state index in [-0.39, 0.29) is 17.1 Å². The summed E-state index contributed by atoms with van der Waals surface area (Å²) in [7, 11) is -10.5. The third-order valence-electron chi connectivity index (χ3n) is 3.54. The van der Waals surface area contributed by atoms with Crippen LogP contribution in [0.5, 0.6) is 0 Å². The number of ether oxygens (including phenoxy) is 1. The van der Waals surface area contributed by atoms with Crippen molar-refractivity contribution < 1.29 is 47.6 Å². The number of nitrogens with two attached hydrogens (primary N) is 1. The minimum absolute atomic E-state index is 0.170. The van der Waals surface area contributed by atoms with Crippen molar-refractivity contribution in [3.63, 3.8) is 0 Å². The number of aromatic amines is 1. The Balaban J connectivity index is 1.79. The highest BCUT2D eigenvalue weighted by molar-refractivity contribution is 7.60. The van der Waals surface area contributed by atoms with Crippen LogP contribution in [0.4, 0.5) is 5.95 Å². The number of H-pyrrole nitrogens is 1. The lowest BCUT2D eigenvalue weighted by Gasteiger charge is -2.17. The Hall–Kier alpha value is -1.78. The van der Waals surface area contributed by atoms with Crippen molar-refractivity contribution in [3.8, 4) is 0 Å². The molecule has 2 aromatic heterocycles. The van der Waals surface area contributed by atoms with Crippen molar-refractivity contribution in [3.05, 3.63) is 10.4 Å². The number of nitrogens with zero attached hydrogens (tertiary/aromatic N) is 4. The van der Waals surface area contributed by atoms with Gasteiger partial charge in [0, 0.05) is 0 Å². The van der Waals surface area contributed by atoms with E-state index in [9.17, 15) is 29.0 Å². The van der Waals surface area contributed by atoms with Crippen LogP contribution in [0.2, 0.25) is 0 Å². The fourth-order valence-electron chi connectivity index (χ4n) is 2.42. The smallest absolute Gasteiger partial charge is 0.387 e. The molecule has 1 unspecified atom stereocenters. The Morgan fingerprint density at radius 3 is 2.57 bits per heavy atom. The molecule has 0 radical (unpaired) electrons. The highest BCUT2D eigenvalue weighted by atomic mass is 31.3. The molecule has 3 rings (SSSR count). The Morgan fingerprint density at radius 2 is 1.93 bits per heavy atom. The highest BCUT2D eigenvalue weighted by Crippen LogP contribution is 2.57. The molecule has 8 N–H and O–H groups in total. The van der Waals surface area contributed by atoms with Gasteiger partial charge in [-0.2, -0.15) is 14.0 Å². The molecule has 0 aromatic carbocycles. The molecule has 0 spiro atoms. The predicted molar refractivity (Wildman–Crippen MR) is 85.2 cm³/mol. The summed E-state index contributed by atoms with van der Waals surface area (Å²) in [5.41, 5.74) is 4.33. The van der Waals surface area contributed by atoms with Crippen LogP contribution >= 0.6 is 15.6 Å². The number of fused-ring (bicyclic) bond motifs is 1. The maximum absolute atomic E-state index is 11.8. The van der Waals surface area contributed by atoms with Gasteiger partial charge in [-0.15, -0.1) is 5.10 Å². The lowest BCUT2D eigenvalue weighted by Crippen LogP contribution is -2.33. The minimum Gasteiger partial charge on any atom is -0.387 e. The van der Waals surface area contributed by atoms with E-state index in [1.54, 1.807) is 0 Å². The van der Waals surface area contributed by atoms with E-state index in [0.717, 1.165) is 4.68 Å². The average molecular weight is 444 g/mol. The van der Waals surface area contributed by atoms with Gasteiger partial charge in [-0.25, -0.2) is 9.13 Å². The quantitative estimate of drug-likeness (QED) is 0.218. The van der Waals surface area contributed by atoms with E-state index < -0.39 is 52.4 Å². The molecule has 0 bridgehead atoms. The topological polar surface area (TPSA) is 265 Å². The van der Waals surface area contributed by atoms with Gasteiger partial charge >= 0.3 is 15.6 Å². The molecule has 1 aliphatic heterocycles. The molecular formula is C9H14N6O11P2. The van der Waals surface area contributed by atoms with Crippen LogP contribution < -0.4 is 11.3 Å². The number of nitrogens with one attached hydrogen (secondary N) is 1. The van der Waals surface area contributed by atoms with Crippen molar-refractivity contribution in [2.45, 2.75) is 24.5 Å². The molecular weight excluding hydrogens is 430 g/mol. The number of aliphatic hydroxyl groups is 2. The second-order valence-electron chi connectivity index (χ2n) is 5.54. The number of aliphatic hydroxyl groups excluding tert-OH is 2. The summed E-state index contributed by atoms with van der Waals surface area (Å²) in [5.74, 6) is -0.273. The number of phosphoric acid groups is 2. The average Bonchev–Trinajstić information content (AvgIpc) is 3.06. The van der Waals surface area contributed by atoms with Crippen LogP contribution in [-0.2, 0) is 22.7 Å². The van der Waals surface area contributed by atoms with Gasteiger partial charge in [-0.05, 0) is 0 Å². The third kappa shape index (κ3) is 4.28. The molecule has 5 atom stereocenters. The Bertz CT molecular complexity index is 1030. The summed E-state index contributed by atoms with van der Waals surface area (Å²) >= 11 is 0. The number of hydrogen-bond acceptors (Lipinski definition) is 12. The number of anilines is 1. The van der Waals surface area contributed by atoms with Gasteiger partial charge in [0.2, 0.25) is 5.95 Å². The summed E-state index contributed by atoms with van der Waals surface area (Å²) in [5, 5.41) is 27.4. The third-order valence-corrected chi connectivity index (χ3v) is 5.69. The summed E-state index contributed by atoms with van der Waals surface area (Å²) in [4.78, 5) is 44.1. The Kier molecular flexibility index (Phi) is 5.41. The standard InChI is InChI=1S/C9H14N6O11P2/c10-9-11-6-3(7(18)12-9)13-14-15(6)8-5(17)4(16)2(25-8)1-24-28(22,23)26-27(19,20)21/h2,4-5,8,16-17H,1H2,(H,22,23)(H2,19,20,21)(H3,10,11,12,18)/t2-,4-,5+,8-/m1/s1. The largest absolute Gasteiger partial charge is 0.481 e. The Morgan fingerprint density at radius 1 is 1.25 bits per heavy atom. The fourth-order valence-corrected chi connectivity index (χ4v) is 4.02. The molecule has 1 saturated heterocycles. The molecule has 0 saturated carbocycles. The number of rotatable bonds is 6. The number of aromatic nitrogens is 5. The first kappa shape index (κ1) is 20.9. The second kappa shape index (κ2) is 7.23. The van der Waals surface area contributed by atoms with E-state index in [1.807, 2.05) is 0 Å². The van der Waals surface area contributed by atoms with Gasteiger partial charge in [0.15, 0.2) is 17.4 Å². The maximum atomic E-state index is 11.8. The van der Waals surface area contributed by atoms with Crippen LogP contribution in [-0.4, -0.2) is 74.8 Å². The van der Waals surface area contributed by atoms with Crippen LogP contribution in [0, 0.1) is 0 Å². The fraction of sp³-hybridized carbons (Fsp3) is 0.556.